The summed E-state index contributed by atoms with van der Waals surface area (Å²) in [5.41, 5.74) is -0.226. The average Bonchev–Trinajstić information content (AvgIpc) is 2.89. The number of hydrogen-bond donors (Lipinski definition) is 4. The van der Waals surface area contributed by atoms with Gasteiger partial charge in [-0.3, -0.25) is 19.2 Å². The Morgan fingerprint density at radius 1 is 1.02 bits per heavy atom. The normalized spacial score (nSPS) is 26.4. The van der Waals surface area contributed by atoms with E-state index in [9.17, 15) is 33.1 Å². The smallest absolute Gasteiger partial charge is 0.329 e. The van der Waals surface area contributed by atoms with Crippen LogP contribution in [0.5, 0.6) is 0 Å². The number of carbonyl (C=O) groups is 5. The van der Waals surface area contributed by atoms with E-state index in [2.05, 4.69) is 27.8 Å². The number of carbonyl (C=O) groups excluding carboxylic acids is 5. The van der Waals surface area contributed by atoms with Gasteiger partial charge in [-0.1, -0.05) is 53.3 Å². The molecule has 0 bridgehead atoms. The molecule has 0 aromatic rings. The van der Waals surface area contributed by atoms with Crippen molar-refractivity contribution in [2.24, 2.45) is 11.8 Å². The molecule has 12 nitrogen and oxygen atoms in total. The first-order valence-corrected chi connectivity index (χ1v) is 17.4. The van der Waals surface area contributed by atoms with E-state index in [0.717, 1.165) is 10.8 Å². The highest BCUT2D eigenvalue weighted by molar-refractivity contribution is 9.02. The molecule has 6 atom stereocenters. The summed E-state index contributed by atoms with van der Waals surface area (Å²) >= 11 is 0. The zero-order valence-electron chi connectivity index (χ0n) is 23.6. The molecule has 1 aliphatic rings. The highest BCUT2D eigenvalue weighted by atomic mass is 33.5. The minimum Gasteiger partial charge on any atom is -0.570 e. The average molecular weight is 621 g/mol. The molecule has 1 heterocycles. The maximum atomic E-state index is 13.3. The molecule has 0 aliphatic carbocycles. The molecule has 4 amide bonds. The third-order valence-corrected chi connectivity index (χ3v) is 12.0. The molecule has 0 aromatic heterocycles. The molecule has 15 heteroatoms. The second-order valence-electron chi connectivity index (χ2n) is 9.65. The fourth-order valence-corrected chi connectivity index (χ4v) is 8.46. The van der Waals surface area contributed by atoms with Gasteiger partial charge in [-0.25, -0.2) is 4.79 Å². The van der Waals surface area contributed by atoms with Crippen LogP contribution in [0.4, 0.5) is 0 Å². The first-order chi connectivity index (χ1) is 18.7. The van der Waals surface area contributed by atoms with Crippen LogP contribution in [0, 0.1) is 11.8 Å². The number of rotatable bonds is 9. The van der Waals surface area contributed by atoms with E-state index in [4.69, 9.17) is 4.74 Å². The highest BCUT2D eigenvalue weighted by Crippen LogP contribution is 2.22. The summed E-state index contributed by atoms with van der Waals surface area (Å²) in [6.45, 7) is 13.7. The maximum Gasteiger partial charge on any atom is 0.329 e. The predicted molar refractivity (Wildman–Crippen MR) is 156 cm³/mol. The molecule has 4 N–H and O–H groups in total. The largest absolute Gasteiger partial charge is 0.570 e. The van der Waals surface area contributed by atoms with E-state index >= 15 is 0 Å². The Balaban J connectivity index is 3.47. The Kier molecular flexibility index (Phi) is 15.7. The second kappa shape index (κ2) is 17.6. The van der Waals surface area contributed by atoms with E-state index < -0.39 is 90.9 Å². The van der Waals surface area contributed by atoms with Crippen LogP contribution in [0.1, 0.15) is 54.4 Å². The van der Waals surface area contributed by atoms with Crippen LogP contribution in [-0.4, -0.2) is 74.4 Å². The van der Waals surface area contributed by atoms with Gasteiger partial charge in [-0.15, -0.1) is 0 Å². The molecule has 1 aliphatic heterocycles. The van der Waals surface area contributed by atoms with Crippen molar-refractivity contribution in [3.63, 3.8) is 0 Å². The zero-order valence-corrected chi connectivity index (χ0v) is 26.1. The van der Waals surface area contributed by atoms with Crippen molar-refractivity contribution in [1.82, 2.24) is 21.3 Å². The number of nitrogens with one attached hydrogen (secondary N) is 4. The number of hydrogen-bond acceptors (Lipinski definition) is 9. The third kappa shape index (κ3) is 11.4. The molecule has 1 saturated heterocycles. The Labute approximate surface area is 244 Å². The van der Waals surface area contributed by atoms with Gasteiger partial charge in [-0.2, -0.15) is 0 Å². The lowest BCUT2D eigenvalue weighted by atomic mass is 10.0. The van der Waals surface area contributed by atoms with Gasteiger partial charge in [0.1, 0.15) is 34.7 Å². The van der Waals surface area contributed by atoms with E-state index in [-0.39, 0.29) is 12.1 Å². The van der Waals surface area contributed by atoms with E-state index in [1.165, 1.54) is 19.1 Å². The first kappa shape index (κ1) is 35.8. The van der Waals surface area contributed by atoms with Crippen molar-refractivity contribution in [1.29, 1.82) is 0 Å². The van der Waals surface area contributed by atoms with Crippen molar-refractivity contribution < 1.29 is 37.8 Å². The Morgan fingerprint density at radius 3 is 2.17 bits per heavy atom. The van der Waals surface area contributed by atoms with Crippen molar-refractivity contribution in [3.8, 4) is 0 Å². The van der Waals surface area contributed by atoms with Crippen LogP contribution in [0.2, 0.25) is 0 Å². The second-order valence-corrected chi connectivity index (χ2v) is 15.9. The lowest BCUT2D eigenvalue weighted by Gasteiger charge is -2.27. The summed E-state index contributed by atoms with van der Waals surface area (Å²) in [4.78, 5) is 65.2. The van der Waals surface area contributed by atoms with Gasteiger partial charge in [0.05, 0.1) is 6.42 Å². The topological polar surface area (TPSA) is 189 Å². The molecule has 0 spiro atoms. The van der Waals surface area contributed by atoms with Gasteiger partial charge in [0.25, 0.3) is 11.8 Å². The number of cyclic esters (lactones) is 1. The summed E-state index contributed by atoms with van der Waals surface area (Å²) in [6.07, 6.45) is 1.88. The number of ether oxygens (including phenoxy) is 1. The lowest BCUT2D eigenvalue weighted by Crippen LogP contribution is -2.58. The van der Waals surface area contributed by atoms with Crippen LogP contribution < -0.4 is 21.3 Å². The van der Waals surface area contributed by atoms with Crippen LogP contribution >= 0.6 is 10.8 Å². The van der Waals surface area contributed by atoms with E-state index in [1.54, 1.807) is 27.7 Å². The molecule has 0 saturated carbocycles. The fourth-order valence-electron chi connectivity index (χ4n) is 3.38. The summed E-state index contributed by atoms with van der Waals surface area (Å²) in [7, 11) is -2.92. The maximum absolute atomic E-state index is 13.3. The van der Waals surface area contributed by atoms with Crippen molar-refractivity contribution in [2.45, 2.75) is 78.6 Å². The van der Waals surface area contributed by atoms with E-state index in [0.29, 0.717) is 12.2 Å². The lowest BCUT2D eigenvalue weighted by molar-refractivity contribution is -0.153. The monoisotopic (exact) mass is 620 g/mol. The van der Waals surface area contributed by atoms with Crippen LogP contribution in [0.15, 0.2) is 24.4 Å². The molecular weight excluding hydrogens is 580 g/mol. The Hall–Kier alpha value is -2.20. The molecule has 40 heavy (non-hydrogen) atoms. The van der Waals surface area contributed by atoms with Gasteiger partial charge in [0, 0.05) is 5.75 Å². The van der Waals surface area contributed by atoms with Crippen LogP contribution in [0.3, 0.4) is 0 Å². The number of esters is 1. The Bertz CT molecular complexity index is 962. The van der Waals surface area contributed by atoms with Crippen molar-refractivity contribution >= 4 is 59.8 Å². The SMILES string of the molecule is C=C[C@@H]1CC(=O)N[C@H](C(C)C)C(=O)N[C@H](C[S+]([O-])[S+]([O-])SCCC)C(=O)N/C(=C\C)C(=O)N[C@@H](C(C)C)C(=O)O1. The standard InChI is InChI=1S/C25H40N4O8S3/c1-8-11-38-40(36)39(35)13-18-23(32)26-17(10-3)22(31)29-21(15(6)7)25(34)37-16(9-2)12-19(30)28-20(14(4)5)24(33)27-18/h9-10,14-16,18,20-21H,2,8,11-13H2,1,3-7H3,(H,26,32)(H,27,33)(H,28,30)(H,29,31)/b17-10-/t16-,18-,20-,21+,39?,40?/m1/s1. The zero-order chi connectivity index (χ0) is 30.6. The molecule has 0 aromatic carbocycles. The minimum atomic E-state index is -2.04. The summed E-state index contributed by atoms with van der Waals surface area (Å²) in [5.74, 6) is -4.75. The van der Waals surface area contributed by atoms with Crippen LogP contribution in [0.25, 0.3) is 0 Å². The summed E-state index contributed by atoms with van der Waals surface area (Å²) in [6, 6.07) is -3.69. The highest BCUT2D eigenvalue weighted by Gasteiger charge is 2.38. The van der Waals surface area contributed by atoms with Gasteiger partial charge < -0.3 is 35.1 Å². The molecule has 0 radical (unpaired) electrons. The molecular formula is C25H40N4O8S3. The number of allylic oxidation sites excluding steroid dienone is 1. The molecule has 226 valence electrons. The summed E-state index contributed by atoms with van der Waals surface area (Å²) < 4.78 is 30.6. The van der Waals surface area contributed by atoms with Crippen LogP contribution in [-0.2, 0) is 48.2 Å². The van der Waals surface area contributed by atoms with Gasteiger partial charge in [0.2, 0.25) is 21.1 Å². The fraction of sp³-hybridized carbons (Fsp3) is 0.640. The van der Waals surface area contributed by atoms with Gasteiger partial charge >= 0.3 is 5.97 Å². The molecule has 2 unspecified atom stereocenters. The first-order valence-electron chi connectivity index (χ1n) is 12.9. The van der Waals surface area contributed by atoms with Crippen molar-refractivity contribution in [3.05, 3.63) is 24.4 Å². The molecule has 1 fully saturated rings. The quantitative estimate of drug-likeness (QED) is 0.0948. The van der Waals surface area contributed by atoms with Gasteiger partial charge in [-0.05, 0) is 25.2 Å². The predicted octanol–water partition coefficient (Wildman–Crippen LogP) is 0.745. The minimum absolute atomic E-state index is 0.226. The Morgan fingerprint density at radius 2 is 1.65 bits per heavy atom. The van der Waals surface area contributed by atoms with Gasteiger partial charge in [0.15, 0.2) is 22.0 Å². The number of amides is 4. The van der Waals surface area contributed by atoms with E-state index in [1.807, 2.05) is 6.92 Å². The summed E-state index contributed by atoms with van der Waals surface area (Å²) in [5, 5.41) is 10.0. The molecule has 1 rings (SSSR count). The third-order valence-electron chi connectivity index (χ3n) is 5.65. The van der Waals surface area contributed by atoms with Crippen molar-refractivity contribution in [2.75, 3.05) is 11.5 Å².